The molecular formula is C18H16F2N2O2. The van der Waals surface area contributed by atoms with Crippen LogP contribution in [0, 0.1) is 25.2 Å². The first-order valence-electron chi connectivity index (χ1n) is 7.21. The Bertz CT molecular complexity index is 783. The summed E-state index contributed by atoms with van der Waals surface area (Å²) in [6, 6.07) is 14.4. The Labute approximate surface area is 138 Å². The van der Waals surface area contributed by atoms with Gasteiger partial charge in [0.05, 0.1) is 0 Å². The molecule has 0 aliphatic heterocycles. The molecule has 2 aromatic carbocycles. The number of hydrogen-bond donors (Lipinski definition) is 0. The van der Waals surface area contributed by atoms with Crippen molar-refractivity contribution in [3.8, 4) is 11.8 Å². The van der Waals surface area contributed by atoms with Crippen LogP contribution in [0.5, 0.6) is 5.75 Å². The van der Waals surface area contributed by atoms with Crippen LogP contribution in [0.3, 0.4) is 0 Å². The van der Waals surface area contributed by atoms with Crippen molar-refractivity contribution in [3.63, 3.8) is 0 Å². The maximum Gasteiger partial charge on any atom is 0.407 e. The maximum atomic E-state index is 12.1. The third-order valence-electron chi connectivity index (χ3n) is 3.33. The number of benzene rings is 2. The van der Waals surface area contributed by atoms with E-state index in [1.807, 2.05) is 32.0 Å². The summed E-state index contributed by atoms with van der Waals surface area (Å²) >= 11 is 0. The van der Waals surface area contributed by atoms with E-state index in [9.17, 15) is 8.78 Å². The second kappa shape index (κ2) is 8.06. The van der Waals surface area contributed by atoms with Gasteiger partial charge in [-0.05, 0) is 36.6 Å². The van der Waals surface area contributed by atoms with Gasteiger partial charge in [-0.25, -0.2) is 0 Å². The molecule has 0 bridgehead atoms. The van der Waals surface area contributed by atoms with E-state index in [1.165, 1.54) is 0 Å². The summed E-state index contributed by atoms with van der Waals surface area (Å²) in [5, 5.41) is 12.3. The summed E-state index contributed by atoms with van der Waals surface area (Å²) in [7, 11) is 0. The zero-order chi connectivity index (χ0) is 17.5. The molecule has 0 saturated carbocycles. The van der Waals surface area contributed by atoms with Crippen molar-refractivity contribution >= 4 is 5.71 Å². The predicted molar refractivity (Wildman–Crippen MR) is 85.9 cm³/mol. The van der Waals surface area contributed by atoms with Crippen LogP contribution in [-0.4, -0.2) is 12.3 Å². The Kier molecular flexibility index (Phi) is 5.85. The molecule has 0 N–H and O–H groups in total. The molecule has 0 amide bonds. The molecular weight excluding hydrogens is 314 g/mol. The van der Waals surface area contributed by atoms with Gasteiger partial charge in [-0.1, -0.05) is 41.6 Å². The van der Waals surface area contributed by atoms with E-state index in [0.29, 0.717) is 11.1 Å². The molecule has 0 radical (unpaired) electrons. The molecule has 6 heteroatoms. The predicted octanol–water partition coefficient (Wildman–Crippen LogP) is 4.35. The molecule has 0 atom stereocenters. The molecule has 24 heavy (non-hydrogen) atoms. The highest BCUT2D eigenvalue weighted by molar-refractivity contribution is 6.12. The van der Waals surface area contributed by atoms with Gasteiger partial charge in [0.1, 0.15) is 18.4 Å². The van der Waals surface area contributed by atoms with E-state index in [4.69, 9.17) is 10.00 Å². The number of ether oxygens (including phenoxy) is 1. The Balaban J connectivity index is 2.24. The number of alkyl halides is 2. The first-order chi connectivity index (χ1) is 11.5. The van der Waals surface area contributed by atoms with Crippen molar-refractivity contribution in [2.45, 2.75) is 27.1 Å². The molecule has 0 aliphatic carbocycles. The van der Waals surface area contributed by atoms with Crippen molar-refractivity contribution in [3.05, 3.63) is 64.7 Å². The summed E-state index contributed by atoms with van der Waals surface area (Å²) in [6.07, 6.45) is 0. The second-order valence-electron chi connectivity index (χ2n) is 5.13. The van der Waals surface area contributed by atoms with E-state index in [1.54, 1.807) is 30.3 Å². The monoisotopic (exact) mass is 330 g/mol. The van der Waals surface area contributed by atoms with Gasteiger partial charge in [-0.3, -0.25) is 0 Å². The first-order valence-corrected chi connectivity index (χ1v) is 7.21. The summed E-state index contributed by atoms with van der Waals surface area (Å²) < 4.78 is 30.1. The molecule has 2 aromatic rings. The number of nitriles is 1. The van der Waals surface area contributed by atoms with Crippen LogP contribution in [0.1, 0.15) is 22.3 Å². The lowest BCUT2D eigenvalue weighted by atomic mass is 10.0. The normalized spacial score (nSPS) is 11.2. The van der Waals surface area contributed by atoms with Crippen LogP contribution in [0.2, 0.25) is 0 Å². The molecule has 0 saturated heterocycles. The zero-order valence-corrected chi connectivity index (χ0v) is 13.3. The van der Waals surface area contributed by atoms with Crippen molar-refractivity contribution < 1.29 is 18.4 Å². The molecule has 0 heterocycles. The molecule has 0 spiro atoms. The lowest BCUT2D eigenvalue weighted by Gasteiger charge is -2.12. The van der Waals surface area contributed by atoms with Crippen molar-refractivity contribution in [1.82, 2.24) is 0 Å². The van der Waals surface area contributed by atoms with Crippen LogP contribution in [0.15, 0.2) is 47.6 Å². The van der Waals surface area contributed by atoms with Gasteiger partial charge >= 0.3 is 6.61 Å². The minimum Gasteiger partial charge on any atom is -0.489 e. The third-order valence-corrected chi connectivity index (χ3v) is 3.33. The fourth-order valence-corrected chi connectivity index (χ4v) is 2.12. The van der Waals surface area contributed by atoms with Gasteiger partial charge in [0.15, 0.2) is 5.71 Å². The van der Waals surface area contributed by atoms with Gasteiger partial charge in [0.25, 0.3) is 0 Å². The number of halogens is 2. The van der Waals surface area contributed by atoms with E-state index < -0.39 is 6.61 Å². The number of oxime groups is 1. The Morgan fingerprint density at radius 1 is 1.21 bits per heavy atom. The van der Waals surface area contributed by atoms with Gasteiger partial charge in [0, 0.05) is 5.56 Å². The summed E-state index contributed by atoms with van der Waals surface area (Å²) in [5.41, 5.74) is 2.86. The number of rotatable bonds is 6. The topological polar surface area (TPSA) is 54.6 Å². The number of nitrogens with zero attached hydrogens (tertiary/aromatic N) is 2. The lowest BCUT2D eigenvalue weighted by Crippen LogP contribution is -2.07. The number of aryl methyl sites for hydroxylation is 2. The SMILES string of the molecule is Cc1ccc(C)c(OCc2ccccc2/C(C#N)=N\OC(F)F)c1. The fraction of sp³-hybridized carbons (Fsp3) is 0.222. The van der Waals surface area contributed by atoms with Gasteiger partial charge in [-0.15, -0.1) is 0 Å². The number of hydrogen-bond acceptors (Lipinski definition) is 4. The highest BCUT2D eigenvalue weighted by Gasteiger charge is 2.12. The van der Waals surface area contributed by atoms with E-state index in [2.05, 4.69) is 9.99 Å². The molecule has 124 valence electrons. The van der Waals surface area contributed by atoms with Crippen LogP contribution in [0.25, 0.3) is 0 Å². The Morgan fingerprint density at radius 2 is 1.96 bits per heavy atom. The van der Waals surface area contributed by atoms with E-state index in [-0.39, 0.29) is 12.3 Å². The summed E-state index contributed by atoms with van der Waals surface area (Å²) in [4.78, 5) is 3.89. The van der Waals surface area contributed by atoms with Crippen LogP contribution in [0.4, 0.5) is 8.78 Å². The minimum atomic E-state index is -3.08. The van der Waals surface area contributed by atoms with Crippen molar-refractivity contribution in [2.75, 3.05) is 0 Å². The van der Waals surface area contributed by atoms with Gasteiger partial charge in [0.2, 0.25) is 0 Å². The second-order valence-corrected chi connectivity index (χ2v) is 5.13. The molecule has 0 aromatic heterocycles. The summed E-state index contributed by atoms with van der Waals surface area (Å²) in [6.45, 7) is 0.990. The Hall–Kier alpha value is -2.94. The van der Waals surface area contributed by atoms with Crippen molar-refractivity contribution in [2.24, 2.45) is 5.16 Å². The molecule has 0 fully saturated rings. The zero-order valence-electron chi connectivity index (χ0n) is 13.3. The largest absolute Gasteiger partial charge is 0.489 e. The molecule has 4 nitrogen and oxygen atoms in total. The summed E-state index contributed by atoms with van der Waals surface area (Å²) in [5.74, 6) is 0.726. The molecule has 2 rings (SSSR count). The molecule has 0 aliphatic rings. The van der Waals surface area contributed by atoms with Crippen molar-refractivity contribution in [1.29, 1.82) is 5.26 Å². The average Bonchev–Trinajstić information content (AvgIpc) is 2.57. The van der Waals surface area contributed by atoms with E-state index in [0.717, 1.165) is 16.9 Å². The standard InChI is InChI=1S/C18H16F2N2O2/c1-12-7-8-13(2)17(9-12)23-11-14-5-3-4-6-15(14)16(10-21)22-24-18(19)20/h3-9,18H,11H2,1-2H3/b22-16-. The first kappa shape index (κ1) is 17.4. The third kappa shape index (κ3) is 4.53. The van der Waals surface area contributed by atoms with Gasteiger partial charge in [-0.2, -0.15) is 14.0 Å². The lowest BCUT2D eigenvalue weighted by molar-refractivity contribution is -0.127. The van der Waals surface area contributed by atoms with Gasteiger partial charge < -0.3 is 9.57 Å². The molecule has 0 unspecified atom stereocenters. The minimum absolute atomic E-state index is 0.176. The highest BCUT2D eigenvalue weighted by atomic mass is 19.3. The smallest absolute Gasteiger partial charge is 0.407 e. The van der Waals surface area contributed by atoms with Crippen LogP contribution >= 0.6 is 0 Å². The van der Waals surface area contributed by atoms with Crippen LogP contribution in [-0.2, 0) is 11.4 Å². The van der Waals surface area contributed by atoms with Crippen LogP contribution < -0.4 is 4.74 Å². The fourth-order valence-electron chi connectivity index (χ4n) is 2.12. The maximum absolute atomic E-state index is 12.1. The van der Waals surface area contributed by atoms with E-state index >= 15 is 0 Å². The average molecular weight is 330 g/mol. The Morgan fingerprint density at radius 3 is 2.67 bits per heavy atom. The highest BCUT2D eigenvalue weighted by Crippen LogP contribution is 2.21. The quantitative estimate of drug-likeness (QED) is 0.584.